The molecule has 2 heterocycles. The molecule has 1 fully saturated rings. The van der Waals surface area contributed by atoms with E-state index in [0.29, 0.717) is 47.7 Å². The van der Waals surface area contributed by atoms with Gasteiger partial charge in [-0.3, -0.25) is 19.3 Å². The molecular weight excluding hydrogens is 472 g/mol. The van der Waals surface area contributed by atoms with Crippen LogP contribution >= 0.6 is 0 Å². The largest absolute Gasteiger partial charge is 0.378 e. The van der Waals surface area contributed by atoms with Crippen LogP contribution in [-0.2, 0) is 9.53 Å². The van der Waals surface area contributed by atoms with Crippen LogP contribution in [-0.4, -0.2) is 49.6 Å². The van der Waals surface area contributed by atoms with E-state index < -0.39 is 0 Å². The highest BCUT2D eigenvalue weighted by Crippen LogP contribution is 2.24. The number of carbonyl (C=O) groups is 3. The molecule has 4 aromatic rings. The fraction of sp³-hybridized carbons (Fsp3) is 0.143. The number of ketones is 1. The smallest absolute Gasteiger partial charge is 0.255 e. The van der Waals surface area contributed by atoms with E-state index in [-0.39, 0.29) is 17.6 Å². The van der Waals surface area contributed by atoms with E-state index in [0.717, 1.165) is 18.8 Å². The summed E-state index contributed by atoms with van der Waals surface area (Å²) in [5.74, 6) is -0.130. The van der Waals surface area contributed by atoms with Gasteiger partial charge in [0.05, 0.1) is 25.1 Å². The topological polar surface area (TPSA) is 105 Å². The second-order valence-corrected chi connectivity index (χ2v) is 8.38. The van der Waals surface area contributed by atoms with Crippen LogP contribution in [0.2, 0.25) is 0 Å². The van der Waals surface area contributed by atoms with E-state index in [9.17, 15) is 14.4 Å². The van der Waals surface area contributed by atoms with Crippen molar-refractivity contribution >= 4 is 41.0 Å². The minimum Gasteiger partial charge on any atom is -0.378 e. The number of amides is 2. The van der Waals surface area contributed by atoms with Crippen molar-refractivity contribution in [1.82, 2.24) is 5.16 Å². The summed E-state index contributed by atoms with van der Waals surface area (Å²) in [5, 5.41) is 6.47. The highest BCUT2D eigenvalue weighted by Gasteiger charge is 2.15. The fourth-order valence-electron chi connectivity index (χ4n) is 4.07. The second-order valence-electron chi connectivity index (χ2n) is 8.38. The van der Waals surface area contributed by atoms with Crippen LogP contribution in [0.1, 0.15) is 26.3 Å². The van der Waals surface area contributed by atoms with Gasteiger partial charge < -0.3 is 19.5 Å². The molecule has 1 aliphatic heterocycles. The van der Waals surface area contributed by atoms with Gasteiger partial charge in [0.15, 0.2) is 5.78 Å². The molecule has 9 nitrogen and oxygen atoms in total. The Morgan fingerprint density at radius 3 is 2.05 bits per heavy atom. The van der Waals surface area contributed by atoms with E-state index in [1.54, 1.807) is 66.7 Å². The quantitative estimate of drug-likeness (QED) is 0.287. The van der Waals surface area contributed by atoms with Crippen molar-refractivity contribution in [3.8, 4) is 0 Å². The van der Waals surface area contributed by atoms with Crippen LogP contribution in [0.15, 0.2) is 89.6 Å². The lowest BCUT2D eigenvalue weighted by molar-refractivity contribution is -0.107. The van der Waals surface area contributed by atoms with Gasteiger partial charge in [-0.2, -0.15) is 0 Å². The molecule has 9 heteroatoms. The Morgan fingerprint density at radius 2 is 1.46 bits per heavy atom. The van der Waals surface area contributed by atoms with Crippen LogP contribution in [0, 0.1) is 0 Å². The Bertz CT molecular complexity index is 1360. The summed E-state index contributed by atoms with van der Waals surface area (Å²) < 4.78 is 10.4. The Morgan fingerprint density at radius 1 is 0.838 bits per heavy atom. The molecule has 0 atom stereocenters. The Hall–Kier alpha value is -4.76. The molecule has 3 aromatic carbocycles. The summed E-state index contributed by atoms with van der Waals surface area (Å²) in [6.45, 7) is 3.07. The van der Waals surface area contributed by atoms with E-state index in [2.05, 4.69) is 15.4 Å². The van der Waals surface area contributed by atoms with Gasteiger partial charge in [0.2, 0.25) is 12.3 Å². The maximum absolute atomic E-state index is 12.9. The number of anilines is 4. The molecule has 0 saturated carbocycles. The third-order valence-corrected chi connectivity index (χ3v) is 6.09. The summed E-state index contributed by atoms with van der Waals surface area (Å²) in [4.78, 5) is 40.6. The number of aromatic nitrogens is 1. The van der Waals surface area contributed by atoms with E-state index >= 15 is 0 Å². The molecular formula is C28H24N4O5. The zero-order valence-electron chi connectivity index (χ0n) is 19.9. The number of morpholine rings is 1. The Labute approximate surface area is 213 Å². The number of carbonyl (C=O) groups excluding carboxylic acids is 3. The van der Waals surface area contributed by atoms with Crippen LogP contribution in [0.25, 0.3) is 0 Å². The molecule has 1 N–H and O–H groups in total. The number of nitrogens with one attached hydrogen (secondary N) is 1. The van der Waals surface area contributed by atoms with Gasteiger partial charge in [0.1, 0.15) is 0 Å². The van der Waals surface area contributed by atoms with Crippen LogP contribution < -0.4 is 15.1 Å². The number of hydrogen-bond donors (Lipinski definition) is 1. The van der Waals surface area contributed by atoms with Crippen molar-refractivity contribution in [3.05, 3.63) is 102 Å². The maximum Gasteiger partial charge on any atom is 0.255 e. The second kappa shape index (κ2) is 10.9. The van der Waals surface area contributed by atoms with E-state index in [1.807, 2.05) is 12.1 Å². The molecule has 186 valence electrons. The van der Waals surface area contributed by atoms with Gasteiger partial charge in [-0.25, -0.2) is 0 Å². The molecule has 1 aromatic heterocycles. The molecule has 37 heavy (non-hydrogen) atoms. The van der Waals surface area contributed by atoms with Gasteiger partial charge in [-0.15, -0.1) is 0 Å². The third kappa shape index (κ3) is 5.41. The summed E-state index contributed by atoms with van der Waals surface area (Å²) >= 11 is 0. The number of rotatable bonds is 8. The molecule has 1 saturated heterocycles. The van der Waals surface area contributed by atoms with Gasteiger partial charge in [-0.05, 0) is 72.8 Å². The lowest BCUT2D eigenvalue weighted by Crippen LogP contribution is -2.36. The molecule has 2 amide bonds. The summed E-state index contributed by atoms with van der Waals surface area (Å²) in [6.07, 6.45) is 2.06. The van der Waals surface area contributed by atoms with Crippen molar-refractivity contribution in [2.75, 3.05) is 41.4 Å². The average Bonchev–Trinajstić information content (AvgIpc) is 3.49. The van der Waals surface area contributed by atoms with Crippen molar-refractivity contribution in [1.29, 1.82) is 0 Å². The zero-order chi connectivity index (χ0) is 25.6. The van der Waals surface area contributed by atoms with Crippen molar-refractivity contribution in [2.45, 2.75) is 0 Å². The van der Waals surface area contributed by atoms with Gasteiger partial charge in [0.25, 0.3) is 5.91 Å². The standard InChI is InChI=1S/C28H24N4O5/c33-19-32(26-13-14-29-37-26)25-11-3-21(4-12-25)27(34)20-1-7-23(8-2-20)30-28(35)22-5-9-24(10-6-22)31-15-17-36-18-16-31/h1-14,19H,15-18H2,(H,30,35). The van der Waals surface area contributed by atoms with Crippen LogP contribution in [0.5, 0.6) is 0 Å². The number of benzene rings is 3. The zero-order valence-corrected chi connectivity index (χ0v) is 19.9. The minimum absolute atomic E-state index is 0.180. The highest BCUT2D eigenvalue weighted by atomic mass is 16.5. The number of nitrogens with zero attached hydrogens (tertiary/aromatic N) is 3. The van der Waals surface area contributed by atoms with Crippen molar-refractivity contribution in [2.24, 2.45) is 0 Å². The SMILES string of the molecule is O=CN(c1ccc(C(=O)c2ccc(NC(=O)c3ccc(N4CCOCC4)cc3)cc2)cc1)c1ccno1. The maximum atomic E-state index is 12.9. The first-order valence-electron chi connectivity index (χ1n) is 11.8. The van der Waals surface area contributed by atoms with Crippen LogP contribution in [0.4, 0.5) is 22.9 Å². The Balaban J connectivity index is 1.21. The fourth-order valence-corrected chi connectivity index (χ4v) is 4.07. The van der Waals surface area contributed by atoms with Gasteiger partial charge in [0, 0.05) is 47.2 Å². The first-order chi connectivity index (χ1) is 18.1. The summed E-state index contributed by atoms with van der Waals surface area (Å²) in [7, 11) is 0. The highest BCUT2D eigenvalue weighted by molar-refractivity contribution is 6.10. The molecule has 0 bridgehead atoms. The van der Waals surface area contributed by atoms with Gasteiger partial charge in [-0.1, -0.05) is 5.16 Å². The summed E-state index contributed by atoms with van der Waals surface area (Å²) in [5.41, 5.74) is 3.68. The van der Waals surface area contributed by atoms with Crippen molar-refractivity contribution in [3.63, 3.8) is 0 Å². The normalized spacial score (nSPS) is 13.1. The monoisotopic (exact) mass is 496 g/mol. The Kier molecular flexibility index (Phi) is 7.05. The molecule has 0 unspecified atom stereocenters. The number of hydrogen-bond acceptors (Lipinski definition) is 7. The average molecular weight is 497 g/mol. The first kappa shape index (κ1) is 24.0. The molecule has 5 rings (SSSR count). The molecule has 0 radical (unpaired) electrons. The van der Waals surface area contributed by atoms with Gasteiger partial charge >= 0.3 is 0 Å². The lowest BCUT2D eigenvalue weighted by Gasteiger charge is -2.28. The lowest BCUT2D eigenvalue weighted by atomic mass is 10.0. The predicted molar refractivity (Wildman–Crippen MR) is 138 cm³/mol. The summed E-state index contributed by atoms with van der Waals surface area (Å²) in [6, 6.07) is 22.4. The van der Waals surface area contributed by atoms with Crippen LogP contribution in [0.3, 0.4) is 0 Å². The van der Waals surface area contributed by atoms with E-state index in [4.69, 9.17) is 9.26 Å². The number of ether oxygens (including phenoxy) is 1. The molecule has 0 aliphatic carbocycles. The van der Waals surface area contributed by atoms with Crippen molar-refractivity contribution < 1.29 is 23.6 Å². The third-order valence-electron chi connectivity index (χ3n) is 6.09. The predicted octanol–water partition coefficient (Wildman–Crippen LogP) is 4.29. The molecule has 1 aliphatic rings. The molecule has 0 spiro atoms. The minimum atomic E-state index is -0.227. The first-order valence-corrected chi connectivity index (χ1v) is 11.8. The van der Waals surface area contributed by atoms with E-state index in [1.165, 1.54) is 11.1 Å².